The first-order chi connectivity index (χ1) is 6.63. The van der Waals surface area contributed by atoms with Gasteiger partial charge in [0.2, 0.25) is 0 Å². The summed E-state index contributed by atoms with van der Waals surface area (Å²) in [7, 11) is 0. The molecule has 1 nitrogen and oxygen atoms in total. The largest absolute Gasteiger partial charge is 0.327 e. The van der Waals surface area contributed by atoms with Crippen molar-refractivity contribution < 1.29 is 0 Å². The minimum atomic E-state index is 0.306. The molecular formula is C11H18BrNS. The van der Waals surface area contributed by atoms with Crippen LogP contribution in [0.25, 0.3) is 0 Å². The maximum Gasteiger partial charge on any atom is 0.0285 e. The molecular weight excluding hydrogens is 258 g/mol. The van der Waals surface area contributed by atoms with Gasteiger partial charge in [0, 0.05) is 20.8 Å². The zero-order chi connectivity index (χ0) is 10.6. The first-order valence-corrected chi connectivity index (χ1v) is 6.79. The Morgan fingerprint density at radius 1 is 1.57 bits per heavy atom. The van der Waals surface area contributed by atoms with Crippen LogP contribution < -0.4 is 5.73 Å². The second-order valence-electron chi connectivity index (χ2n) is 3.87. The lowest BCUT2D eigenvalue weighted by Gasteiger charge is -2.18. The molecule has 0 bridgehead atoms. The van der Waals surface area contributed by atoms with E-state index in [0.29, 0.717) is 12.0 Å². The van der Waals surface area contributed by atoms with Crippen LogP contribution in [0.4, 0.5) is 0 Å². The highest BCUT2D eigenvalue weighted by Crippen LogP contribution is 2.22. The van der Waals surface area contributed by atoms with E-state index < -0.39 is 0 Å². The molecule has 0 fully saturated rings. The van der Waals surface area contributed by atoms with Gasteiger partial charge in [-0.3, -0.25) is 0 Å². The molecule has 0 saturated carbocycles. The highest BCUT2D eigenvalue weighted by Gasteiger charge is 2.13. The first kappa shape index (κ1) is 12.2. The van der Waals surface area contributed by atoms with Crippen molar-refractivity contribution in [3.63, 3.8) is 0 Å². The minimum absolute atomic E-state index is 0.306. The molecule has 0 aliphatic carbocycles. The third-order valence-corrected chi connectivity index (χ3v) is 4.25. The summed E-state index contributed by atoms with van der Waals surface area (Å²) in [6.07, 6.45) is 3.47. The highest BCUT2D eigenvalue weighted by atomic mass is 79.9. The van der Waals surface area contributed by atoms with Crippen molar-refractivity contribution >= 4 is 27.3 Å². The number of thiophene rings is 1. The minimum Gasteiger partial charge on any atom is -0.327 e. The summed E-state index contributed by atoms with van der Waals surface area (Å²) in [5.74, 6) is 0.626. The molecule has 0 saturated heterocycles. The smallest absolute Gasteiger partial charge is 0.0285 e. The van der Waals surface area contributed by atoms with Crippen molar-refractivity contribution in [1.29, 1.82) is 0 Å². The second-order valence-corrected chi connectivity index (χ2v) is 5.78. The van der Waals surface area contributed by atoms with E-state index in [-0.39, 0.29) is 0 Å². The molecule has 0 spiro atoms. The number of rotatable bonds is 5. The first-order valence-electron chi connectivity index (χ1n) is 5.12. The van der Waals surface area contributed by atoms with Crippen LogP contribution >= 0.6 is 27.3 Å². The molecule has 1 aromatic rings. The third-order valence-electron chi connectivity index (χ3n) is 2.53. The van der Waals surface area contributed by atoms with Crippen molar-refractivity contribution in [3.8, 4) is 0 Å². The lowest BCUT2D eigenvalue weighted by molar-refractivity contribution is 0.421. The Morgan fingerprint density at radius 2 is 2.29 bits per heavy atom. The molecule has 1 heterocycles. The van der Waals surface area contributed by atoms with E-state index in [1.807, 2.05) is 0 Å². The van der Waals surface area contributed by atoms with Crippen LogP contribution in [-0.4, -0.2) is 6.04 Å². The van der Waals surface area contributed by atoms with E-state index in [2.05, 4.69) is 41.2 Å². The topological polar surface area (TPSA) is 26.0 Å². The second kappa shape index (κ2) is 5.89. The maximum absolute atomic E-state index is 6.14. The Bertz CT molecular complexity index is 272. The van der Waals surface area contributed by atoms with Crippen molar-refractivity contribution in [2.75, 3.05) is 0 Å². The Balaban J connectivity index is 2.43. The molecule has 0 aromatic carbocycles. The van der Waals surface area contributed by atoms with Gasteiger partial charge in [-0.1, -0.05) is 20.3 Å². The summed E-state index contributed by atoms with van der Waals surface area (Å²) in [5.41, 5.74) is 6.14. The van der Waals surface area contributed by atoms with Gasteiger partial charge in [-0.15, -0.1) is 11.3 Å². The normalized spacial score (nSPS) is 15.4. The Morgan fingerprint density at radius 3 is 2.79 bits per heavy atom. The van der Waals surface area contributed by atoms with E-state index >= 15 is 0 Å². The number of nitrogens with two attached hydrogens (primary N) is 1. The molecule has 3 heteroatoms. The Kier molecular flexibility index (Phi) is 5.13. The number of hydrogen-bond acceptors (Lipinski definition) is 2. The molecule has 2 unspecified atom stereocenters. The van der Waals surface area contributed by atoms with Gasteiger partial charge in [0.15, 0.2) is 0 Å². The average molecular weight is 276 g/mol. The quantitative estimate of drug-likeness (QED) is 0.869. The summed E-state index contributed by atoms with van der Waals surface area (Å²) in [4.78, 5) is 1.38. The van der Waals surface area contributed by atoms with Gasteiger partial charge in [0.05, 0.1) is 0 Å². The summed E-state index contributed by atoms with van der Waals surface area (Å²) in [6, 6.07) is 2.48. The SMILES string of the molecule is CCCC(C)C(N)Cc1cc(Br)cs1. The van der Waals surface area contributed by atoms with Crippen molar-refractivity contribution in [2.24, 2.45) is 11.7 Å². The monoisotopic (exact) mass is 275 g/mol. The Labute approximate surface area is 98.8 Å². The number of hydrogen-bond donors (Lipinski definition) is 1. The van der Waals surface area contributed by atoms with E-state index in [4.69, 9.17) is 5.73 Å². The van der Waals surface area contributed by atoms with Crippen molar-refractivity contribution in [1.82, 2.24) is 0 Å². The van der Waals surface area contributed by atoms with Crippen LogP contribution in [0.2, 0.25) is 0 Å². The van der Waals surface area contributed by atoms with Crippen LogP contribution in [0.1, 0.15) is 31.6 Å². The molecule has 0 radical (unpaired) electrons. The van der Waals surface area contributed by atoms with Gasteiger partial charge >= 0.3 is 0 Å². The van der Waals surface area contributed by atoms with Crippen LogP contribution in [0.5, 0.6) is 0 Å². The zero-order valence-electron chi connectivity index (χ0n) is 8.79. The molecule has 0 aliphatic rings. The zero-order valence-corrected chi connectivity index (χ0v) is 11.2. The number of halogens is 1. The molecule has 0 amide bonds. The average Bonchev–Trinajstić information content (AvgIpc) is 2.51. The van der Waals surface area contributed by atoms with Crippen LogP contribution in [0.3, 0.4) is 0 Å². The van der Waals surface area contributed by atoms with Gasteiger partial charge in [0.25, 0.3) is 0 Å². The standard InChI is InChI=1S/C11H18BrNS/c1-3-4-8(2)11(13)6-10-5-9(12)7-14-10/h5,7-8,11H,3-4,6,13H2,1-2H3. The summed E-state index contributed by atoms with van der Waals surface area (Å²) in [5, 5.41) is 2.12. The van der Waals surface area contributed by atoms with Crippen molar-refractivity contribution in [3.05, 3.63) is 20.8 Å². The van der Waals surface area contributed by atoms with Crippen molar-refractivity contribution in [2.45, 2.75) is 39.2 Å². The molecule has 1 rings (SSSR count). The van der Waals surface area contributed by atoms with Crippen LogP contribution in [-0.2, 0) is 6.42 Å². The predicted octanol–water partition coefficient (Wildman–Crippen LogP) is 3.82. The van der Waals surface area contributed by atoms with E-state index in [0.717, 1.165) is 6.42 Å². The molecule has 2 atom stereocenters. The molecule has 2 N–H and O–H groups in total. The summed E-state index contributed by atoms with van der Waals surface area (Å²) in [6.45, 7) is 4.46. The van der Waals surface area contributed by atoms with Gasteiger partial charge in [-0.05, 0) is 40.8 Å². The fourth-order valence-electron chi connectivity index (χ4n) is 1.56. The fourth-order valence-corrected chi connectivity index (χ4v) is 3.09. The van der Waals surface area contributed by atoms with E-state index in [1.54, 1.807) is 11.3 Å². The summed E-state index contributed by atoms with van der Waals surface area (Å²) >= 11 is 5.25. The third kappa shape index (κ3) is 3.71. The molecule has 14 heavy (non-hydrogen) atoms. The lowest BCUT2D eigenvalue weighted by Crippen LogP contribution is -2.30. The molecule has 1 aromatic heterocycles. The van der Waals surface area contributed by atoms with E-state index in [1.165, 1.54) is 22.2 Å². The van der Waals surface area contributed by atoms with Gasteiger partial charge in [-0.25, -0.2) is 0 Å². The fraction of sp³-hybridized carbons (Fsp3) is 0.636. The van der Waals surface area contributed by atoms with Crippen LogP contribution in [0, 0.1) is 5.92 Å². The predicted molar refractivity (Wildman–Crippen MR) is 67.8 cm³/mol. The lowest BCUT2D eigenvalue weighted by atomic mass is 9.95. The molecule has 0 aliphatic heterocycles. The Hall–Kier alpha value is 0.140. The maximum atomic E-state index is 6.14. The summed E-state index contributed by atoms with van der Waals surface area (Å²) < 4.78 is 1.17. The van der Waals surface area contributed by atoms with Gasteiger partial charge < -0.3 is 5.73 Å². The van der Waals surface area contributed by atoms with Gasteiger partial charge in [-0.2, -0.15) is 0 Å². The van der Waals surface area contributed by atoms with Crippen LogP contribution in [0.15, 0.2) is 15.9 Å². The molecule has 80 valence electrons. The van der Waals surface area contributed by atoms with E-state index in [9.17, 15) is 0 Å². The van der Waals surface area contributed by atoms with Gasteiger partial charge in [0.1, 0.15) is 0 Å². The highest BCUT2D eigenvalue weighted by molar-refractivity contribution is 9.10.